The summed E-state index contributed by atoms with van der Waals surface area (Å²) in [7, 11) is -4.08. The van der Waals surface area contributed by atoms with E-state index in [2.05, 4.69) is 10.0 Å². The van der Waals surface area contributed by atoms with Gasteiger partial charge in [0, 0.05) is 6.54 Å². The maximum atomic E-state index is 14.2. The molecular formula is C21H16ClFN2O5S. The van der Waals surface area contributed by atoms with Crippen molar-refractivity contribution in [2.45, 2.75) is 11.4 Å². The lowest BCUT2D eigenvalue weighted by Gasteiger charge is -2.11. The van der Waals surface area contributed by atoms with E-state index in [0.29, 0.717) is 5.56 Å². The zero-order chi connectivity index (χ0) is 22.6. The van der Waals surface area contributed by atoms with Crippen LogP contribution in [0.2, 0.25) is 5.02 Å². The minimum atomic E-state index is -4.08. The first-order valence-electron chi connectivity index (χ1n) is 8.85. The van der Waals surface area contributed by atoms with E-state index in [9.17, 15) is 22.4 Å². The Morgan fingerprint density at radius 3 is 2.32 bits per heavy atom. The van der Waals surface area contributed by atoms with Gasteiger partial charge in [-0.15, -0.1) is 0 Å². The number of nitrogens with one attached hydrogen (secondary N) is 2. The van der Waals surface area contributed by atoms with Gasteiger partial charge in [-0.1, -0.05) is 35.9 Å². The summed E-state index contributed by atoms with van der Waals surface area (Å²) in [4.78, 5) is 23.0. The van der Waals surface area contributed by atoms with Crippen LogP contribution in [0.5, 0.6) is 0 Å². The van der Waals surface area contributed by atoms with Gasteiger partial charge in [-0.05, 0) is 48.0 Å². The number of carboxylic acids is 1. The molecule has 3 N–H and O–H groups in total. The number of carbonyl (C=O) groups excluding carboxylic acids is 1. The molecule has 10 heteroatoms. The largest absolute Gasteiger partial charge is 0.478 e. The van der Waals surface area contributed by atoms with Crippen molar-refractivity contribution in [3.05, 3.63) is 94.3 Å². The Bertz CT molecular complexity index is 1250. The molecule has 0 aliphatic carbocycles. The van der Waals surface area contributed by atoms with E-state index in [-0.39, 0.29) is 27.7 Å². The van der Waals surface area contributed by atoms with Gasteiger partial charge in [0.1, 0.15) is 5.82 Å². The third-order valence-electron chi connectivity index (χ3n) is 4.28. The average molecular weight is 463 g/mol. The van der Waals surface area contributed by atoms with Gasteiger partial charge in [-0.2, -0.15) is 0 Å². The number of carbonyl (C=O) groups is 2. The van der Waals surface area contributed by atoms with Crippen LogP contribution in [-0.2, 0) is 16.6 Å². The molecule has 0 heterocycles. The van der Waals surface area contributed by atoms with Crippen LogP contribution in [0.4, 0.5) is 10.1 Å². The van der Waals surface area contributed by atoms with Crippen LogP contribution in [0.25, 0.3) is 0 Å². The Hall–Kier alpha value is -3.27. The van der Waals surface area contributed by atoms with Crippen molar-refractivity contribution in [3.63, 3.8) is 0 Å². The molecule has 3 rings (SSSR count). The molecule has 0 bridgehead atoms. The second-order valence-electron chi connectivity index (χ2n) is 6.40. The summed E-state index contributed by atoms with van der Waals surface area (Å²) in [6, 6.07) is 14.8. The van der Waals surface area contributed by atoms with Crippen molar-refractivity contribution < 1.29 is 27.5 Å². The second-order valence-corrected chi connectivity index (χ2v) is 8.58. The molecule has 0 saturated heterocycles. The van der Waals surface area contributed by atoms with Crippen LogP contribution in [0.3, 0.4) is 0 Å². The van der Waals surface area contributed by atoms with Gasteiger partial charge in [-0.25, -0.2) is 22.3 Å². The van der Waals surface area contributed by atoms with Crippen molar-refractivity contribution in [2.75, 3.05) is 5.32 Å². The van der Waals surface area contributed by atoms with Gasteiger partial charge >= 0.3 is 5.97 Å². The fourth-order valence-electron chi connectivity index (χ4n) is 2.62. The average Bonchev–Trinajstić information content (AvgIpc) is 2.74. The fraction of sp³-hybridized carbons (Fsp3) is 0.0476. The Kier molecular flexibility index (Phi) is 6.69. The van der Waals surface area contributed by atoms with Gasteiger partial charge in [0.05, 0.1) is 26.7 Å². The van der Waals surface area contributed by atoms with Gasteiger partial charge < -0.3 is 10.4 Å². The fourth-order valence-corrected chi connectivity index (χ4v) is 3.85. The molecule has 1 amide bonds. The predicted molar refractivity (Wildman–Crippen MR) is 113 cm³/mol. The minimum absolute atomic E-state index is 0.0688. The van der Waals surface area contributed by atoms with E-state index in [1.165, 1.54) is 30.3 Å². The molecule has 3 aromatic carbocycles. The van der Waals surface area contributed by atoms with Gasteiger partial charge in [0.25, 0.3) is 5.91 Å². The summed E-state index contributed by atoms with van der Waals surface area (Å²) in [6.07, 6.45) is 0. The van der Waals surface area contributed by atoms with Crippen molar-refractivity contribution in [3.8, 4) is 0 Å². The zero-order valence-corrected chi connectivity index (χ0v) is 17.4. The standard InChI is InChI=1S/C21H16ClFN2O5S/c22-17-3-1-2-4-19(17)25-20(26)16-11-15(9-10-18(16)23)31(29,30)24-12-13-5-7-14(8-6-13)21(27)28/h1-11,24H,12H2,(H,25,26)(H,27,28). The van der Waals surface area contributed by atoms with Crippen molar-refractivity contribution in [1.29, 1.82) is 0 Å². The maximum absolute atomic E-state index is 14.2. The minimum Gasteiger partial charge on any atom is -0.478 e. The molecule has 0 aromatic heterocycles. The number of hydrogen-bond acceptors (Lipinski definition) is 4. The predicted octanol–water partition coefficient (Wildman–Crippen LogP) is 3.91. The van der Waals surface area contributed by atoms with Crippen LogP contribution in [-0.4, -0.2) is 25.4 Å². The number of carboxylic acid groups (broad SMARTS) is 1. The molecule has 0 spiro atoms. The molecule has 0 fully saturated rings. The third kappa shape index (κ3) is 5.46. The van der Waals surface area contributed by atoms with Crippen LogP contribution in [0, 0.1) is 5.82 Å². The summed E-state index contributed by atoms with van der Waals surface area (Å²) in [5.74, 6) is -2.85. The molecule has 31 heavy (non-hydrogen) atoms. The SMILES string of the molecule is O=C(O)c1ccc(CNS(=O)(=O)c2ccc(F)c(C(=O)Nc3ccccc3Cl)c2)cc1. The Morgan fingerprint density at radius 1 is 1.00 bits per heavy atom. The Morgan fingerprint density at radius 2 is 1.68 bits per heavy atom. The molecule has 7 nitrogen and oxygen atoms in total. The van der Waals surface area contributed by atoms with E-state index in [4.69, 9.17) is 16.7 Å². The lowest BCUT2D eigenvalue weighted by atomic mass is 10.1. The van der Waals surface area contributed by atoms with Crippen molar-refractivity contribution in [1.82, 2.24) is 4.72 Å². The van der Waals surface area contributed by atoms with Crippen LogP contribution in [0.15, 0.2) is 71.6 Å². The van der Waals surface area contributed by atoms with Crippen LogP contribution >= 0.6 is 11.6 Å². The zero-order valence-electron chi connectivity index (χ0n) is 15.8. The van der Waals surface area contributed by atoms with Gasteiger partial charge in [0.15, 0.2) is 0 Å². The normalized spacial score (nSPS) is 11.2. The smallest absolute Gasteiger partial charge is 0.335 e. The summed E-state index contributed by atoms with van der Waals surface area (Å²) in [5.41, 5.74) is 0.380. The summed E-state index contributed by atoms with van der Waals surface area (Å²) in [5, 5.41) is 11.6. The first-order valence-corrected chi connectivity index (χ1v) is 10.7. The summed E-state index contributed by atoms with van der Waals surface area (Å²) < 4.78 is 41.7. The molecule has 160 valence electrons. The molecule has 0 aliphatic heterocycles. The highest BCUT2D eigenvalue weighted by Gasteiger charge is 2.20. The molecule has 0 radical (unpaired) electrons. The maximum Gasteiger partial charge on any atom is 0.335 e. The third-order valence-corrected chi connectivity index (χ3v) is 6.01. The number of amides is 1. The number of aromatic carboxylic acids is 1. The van der Waals surface area contributed by atoms with Crippen molar-refractivity contribution >= 4 is 39.2 Å². The Balaban J connectivity index is 1.78. The van der Waals surface area contributed by atoms with Crippen LogP contribution < -0.4 is 10.0 Å². The van der Waals surface area contributed by atoms with Gasteiger partial charge in [0.2, 0.25) is 10.0 Å². The highest BCUT2D eigenvalue weighted by atomic mass is 35.5. The highest BCUT2D eigenvalue weighted by Crippen LogP contribution is 2.23. The van der Waals surface area contributed by atoms with Crippen LogP contribution in [0.1, 0.15) is 26.3 Å². The van der Waals surface area contributed by atoms with E-state index in [1.54, 1.807) is 18.2 Å². The first kappa shape index (κ1) is 22.4. The number of halogens is 2. The lowest BCUT2D eigenvalue weighted by Crippen LogP contribution is -2.24. The number of rotatable bonds is 7. The second kappa shape index (κ2) is 9.25. The van der Waals surface area contributed by atoms with E-state index in [1.807, 2.05) is 0 Å². The molecule has 0 unspecified atom stereocenters. The number of anilines is 1. The monoisotopic (exact) mass is 462 g/mol. The highest BCUT2D eigenvalue weighted by molar-refractivity contribution is 7.89. The van der Waals surface area contributed by atoms with E-state index in [0.717, 1.165) is 18.2 Å². The Labute approximate surface area is 182 Å². The number of benzene rings is 3. The lowest BCUT2D eigenvalue weighted by molar-refractivity contribution is 0.0696. The molecule has 0 aliphatic rings. The van der Waals surface area contributed by atoms with Gasteiger partial charge in [-0.3, -0.25) is 4.79 Å². The summed E-state index contributed by atoms with van der Waals surface area (Å²) >= 11 is 5.98. The van der Waals surface area contributed by atoms with E-state index >= 15 is 0 Å². The number of hydrogen-bond donors (Lipinski definition) is 3. The first-order chi connectivity index (χ1) is 14.7. The topological polar surface area (TPSA) is 113 Å². The summed E-state index contributed by atoms with van der Waals surface area (Å²) in [6.45, 7) is -0.124. The quantitative estimate of drug-likeness (QED) is 0.492. The number of para-hydroxylation sites is 1. The number of sulfonamides is 1. The molecular weight excluding hydrogens is 447 g/mol. The molecule has 0 atom stereocenters. The molecule has 3 aromatic rings. The molecule has 0 saturated carbocycles. The van der Waals surface area contributed by atoms with Crippen molar-refractivity contribution in [2.24, 2.45) is 0 Å². The van der Waals surface area contributed by atoms with E-state index < -0.39 is 33.3 Å².